The Bertz CT molecular complexity index is 721. The van der Waals surface area contributed by atoms with Crippen molar-refractivity contribution in [3.05, 3.63) is 41.7 Å². The van der Waals surface area contributed by atoms with E-state index in [0.29, 0.717) is 36.8 Å². The van der Waals surface area contributed by atoms with Gasteiger partial charge in [-0.15, -0.1) is 0 Å². The predicted octanol–water partition coefficient (Wildman–Crippen LogP) is 2.65. The van der Waals surface area contributed by atoms with E-state index in [4.69, 9.17) is 0 Å². The summed E-state index contributed by atoms with van der Waals surface area (Å²) in [5, 5.41) is 10.2. The summed E-state index contributed by atoms with van der Waals surface area (Å²) in [4.78, 5) is 26.2. The number of carbonyl (C=O) groups excluding carboxylic acids is 2. The van der Waals surface area contributed by atoms with Crippen LogP contribution in [0.2, 0.25) is 0 Å². The number of hydrogen-bond acceptors (Lipinski definition) is 5. The third kappa shape index (κ3) is 4.43. The van der Waals surface area contributed by atoms with E-state index in [9.17, 15) is 9.59 Å². The number of hydrogen-bond donors (Lipinski definition) is 1. The fourth-order valence-electron chi connectivity index (χ4n) is 3.08. The molecule has 0 bridgehead atoms. The summed E-state index contributed by atoms with van der Waals surface area (Å²) in [5.74, 6) is 0.370. The molecule has 1 aliphatic rings. The first-order valence-corrected chi connectivity index (χ1v) is 8.57. The van der Waals surface area contributed by atoms with Crippen LogP contribution in [0.15, 0.2) is 35.0 Å². The first kappa shape index (κ1) is 17.1. The lowest BCUT2D eigenvalue weighted by atomic mass is 9.92. The van der Waals surface area contributed by atoms with Crippen LogP contribution in [0.25, 0.3) is 0 Å². The van der Waals surface area contributed by atoms with Crippen molar-refractivity contribution >= 4 is 17.5 Å². The SMILES string of the molecule is Cc1nonc1C(=O)N1CCC(CCC(=O)Nc2ccccc2)CC1. The smallest absolute Gasteiger partial charge is 0.278 e. The number of amides is 2. The third-order valence-corrected chi connectivity index (χ3v) is 4.59. The average molecular weight is 342 g/mol. The van der Waals surface area contributed by atoms with Gasteiger partial charge < -0.3 is 10.2 Å². The van der Waals surface area contributed by atoms with E-state index in [0.717, 1.165) is 24.9 Å². The summed E-state index contributed by atoms with van der Waals surface area (Å²) >= 11 is 0. The molecule has 2 heterocycles. The van der Waals surface area contributed by atoms with Crippen LogP contribution >= 0.6 is 0 Å². The molecule has 1 aromatic carbocycles. The second kappa shape index (κ2) is 7.92. The summed E-state index contributed by atoms with van der Waals surface area (Å²) in [6, 6.07) is 9.47. The topological polar surface area (TPSA) is 88.3 Å². The van der Waals surface area contributed by atoms with Crippen LogP contribution in [0.1, 0.15) is 41.9 Å². The molecule has 1 saturated heterocycles. The van der Waals surface area contributed by atoms with E-state index >= 15 is 0 Å². The number of likely N-dealkylation sites (tertiary alicyclic amines) is 1. The van der Waals surface area contributed by atoms with E-state index in [1.54, 1.807) is 11.8 Å². The first-order chi connectivity index (χ1) is 12.1. The normalized spacial score (nSPS) is 15.2. The van der Waals surface area contributed by atoms with Crippen LogP contribution in [0.4, 0.5) is 5.69 Å². The number of aromatic nitrogens is 2. The monoisotopic (exact) mass is 342 g/mol. The fraction of sp³-hybridized carbons (Fsp3) is 0.444. The zero-order chi connectivity index (χ0) is 17.6. The number of piperidine rings is 1. The predicted molar refractivity (Wildman–Crippen MR) is 92.0 cm³/mol. The maximum Gasteiger partial charge on any atom is 0.278 e. The molecule has 0 unspecified atom stereocenters. The number of anilines is 1. The van der Waals surface area contributed by atoms with Gasteiger partial charge in [-0.1, -0.05) is 23.4 Å². The number of nitrogens with zero attached hydrogens (tertiary/aromatic N) is 3. The Hall–Kier alpha value is -2.70. The highest BCUT2D eigenvalue weighted by molar-refractivity contribution is 5.93. The minimum Gasteiger partial charge on any atom is -0.337 e. The van der Waals surface area contributed by atoms with Crippen molar-refractivity contribution in [2.75, 3.05) is 18.4 Å². The molecule has 25 heavy (non-hydrogen) atoms. The molecule has 0 aliphatic carbocycles. The highest BCUT2D eigenvalue weighted by Gasteiger charge is 2.27. The Morgan fingerprint density at radius 2 is 1.92 bits per heavy atom. The standard InChI is InChI=1S/C18H22N4O3/c1-13-17(21-25-20-13)18(24)22-11-9-14(10-12-22)7-8-16(23)19-15-5-3-2-4-6-15/h2-6,14H,7-12H2,1H3,(H,19,23). The zero-order valence-electron chi connectivity index (χ0n) is 14.3. The summed E-state index contributed by atoms with van der Waals surface area (Å²) < 4.78 is 4.60. The Morgan fingerprint density at radius 3 is 2.56 bits per heavy atom. The van der Waals surface area contributed by atoms with Gasteiger partial charge in [0.15, 0.2) is 5.69 Å². The van der Waals surface area contributed by atoms with Gasteiger partial charge >= 0.3 is 0 Å². The Labute approximate surface area is 146 Å². The van der Waals surface area contributed by atoms with Crippen LogP contribution in [0.5, 0.6) is 0 Å². The Kier molecular flexibility index (Phi) is 5.42. The van der Waals surface area contributed by atoms with Gasteiger partial charge in [0, 0.05) is 25.2 Å². The van der Waals surface area contributed by atoms with Crippen molar-refractivity contribution in [1.82, 2.24) is 15.2 Å². The van der Waals surface area contributed by atoms with Crippen molar-refractivity contribution in [2.45, 2.75) is 32.6 Å². The number of carbonyl (C=O) groups is 2. The highest BCUT2D eigenvalue weighted by Crippen LogP contribution is 2.23. The molecule has 1 aliphatic heterocycles. The lowest BCUT2D eigenvalue weighted by Gasteiger charge is -2.31. The van der Waals surface area contributed by atoms with Crippen molar-refractivity contribution in [3.63, 3.8) is 0 Å². The molecule has 3 rings (SSSR count). The summed E-state index contributed by atoms with van der Waals surface area (Å²) in [6.07, 6.45) is 3.13. The van der Waals surface area contributed by atoms with Crippen molar-refractivity contribution < 1.29 is 14.2 Å². The average Bonchev–Trinajstić information content (AvgIpc) is 3.07. The molecule has 0 saturated carbocycles. The summed E-state index contributed by atoms with van der Waals surface area (Å²) in [6.45, 7) is 3.06. The molecule has 2 aromatic rings. The second-order valence-electron chi connectivity index (χ2n) is 6.39. The number of rotatable bonds is 5. The van der Waals surface area contributed by atoms with Gasteiger partial charge in [-0.25, -0.2) is 4.63 Å². The largest absolute Gasteiger partial charge is 0.337 e. The molecular formula is C18H22N4O3. The van der Waals surface area contributed by atoms with Crippen molar-refractivity contribution in [3.8, 4) is 0 Å². The Balaban J connectivity index is 1.41. The van der Waals surface area contributed by atoms with Crippen molar-refractivity contribution in [2.24, 2.45) is 5.92 Å². The molecule has 0 atom stereocenters. The maximum absolute atomic E-state index is 12.4. The third-order valence-electron chi connectivity index (χ3n) is 4.59. The molecule has 1 fully saturated rings. The van der Waals surface area contributed by atoms with Gasteiger partial charge in [0.1, 0.15) is 5.69 Å². The minimum atomic E-state index is -0.126. The molecule has 1 aromatic heterocycles. The highest BCUT2D eigenvalue weighted by atomic mass is 16.6. The molecule has 7 nitrogen and oxygen atoms in total. The first-order valence-electron chi connectivity index (χ1n) is 8.57. The lowest BCUT2D eigenvalue weighted by Crippen LogP contribution is -2.39. The molecular weight excluding hydrogens is 320 g/mol. The van der Waals surface area contributed by atoms with E-state index in [1.165, 1.54) is 0 Å². The van der Waals surface area contributed by atoms with E-state index < -0.39 is 0 Å². The molecule has 2 amide bonds. The van der Waals surface area contributed by atoms with Gasteiger partial charge in [0.2, 0.25) is 5.91 Å². The van der Waals surface area contributed by atoms with Gasteiger partial charge in [0.05, 0.1) is 0 Å². The molecule has 1 N–H and O–H groups in total. The minimum absolute atomic E-state index is 0.0361. The summed E-state index contributed by atoms with van der Waals surface area (Å²) in [5.41, 5.74) is 1.63. The van der Waals surface area contributed by atoms with Gasteiger partial charge in [-0.3, -0.25) is 9.59 Å². The van der Waals surface area contributed by atoms with Crippen LogP contribution in [-0.4, -0.2) is 40.1 Å². The van der Waals surface area contributed by atoms with E-state index in [-0.39, 0.29) is 11.8 Å². The molecule has 7 heteroatoms. The van der Waals surface area contributed by atoms with Crippen LogP contribution < -0.4 is 5.32 Å². The fourth-order valence-corrected chi connectivity index (χ4v) is 3.08. The quantitative estimate of drug-likeness (QED) is 0.902. The van der Waals surface area contributed by atoms with Gasteiger partial charge in [0.25, 0.3) is 5.91 Å². The van der Waals surface area contributed by atoms with E-state index in [2.05, 4.69) is 20.3 Å². The maximum atomic E-state index is 12.4. The molecule has 0 radical (unpaired) electrons. The van der Waals surface area contributed by atoms with Crippen LogP contribution in [-0.2, 0) is 4.79 Å². The zero-order valence-corrected chi connectivity index (χ0v) is 14.3. The number of benzene rings is 1. The van der Waals surface area contributed by atoms with Gasteiger partial charge in [-0.05, 0) is 49.4 Å². The number of aryl methyl sites for hydroxylation is 1. The van der Waals surface area contributed by atoms with Crippen LogP contribution in [0.3, 0.4) is 0 Å². The second-order valence-corrected chi connectivity index (χ2v) is 6.39. The summed E-state index contributed by atoms with van der Waals surface area (Å²) in [7, 11) is 0. The molecule has 0 spiro atoms. The van der Waals surface area contributed by atoms with Crippen molar-refractivity contribution in [1.29, 1.82) is 0 Å². The Morgan fingerprint density at radius 1 is 1.20 bits per heavy atom. The number of para-hydroxylation sites is 1. The van der Waals surface area contributed by atoms with E-state index in [1.807, 2.05) is 30.3 Å². The van der Waals surface area contributed by atoms with Gasteiger partial charge in [-0.2, -0.15) is 0 Å². The number of nitrogens with one attached hydrogen (secondary N) is 1. The molecule has 132 valence electrons. The lowest BCUT2D eigenvalue weighted by molar-refractivity contribution is -0.116. The van der Waals surface area contributed by atoms with Crippen LogP contribution in [0, 0.1) is 12.8 Å².